The van der Waals surface area contributed by atoms with Crippen LogP contribution in [-0.4, -0.2) is 17.9 Å². The van der Waals surface area contributed by atoms with Crippen molar-refractivity contribution in [2.75, 3.05) is 0 Å². The molecule has 0 bridgehead atoms. The van der Waals surface area contributed by atoms with Crippen molar-refractivity contribution >= 4 is 17.9 Å². The van der Waals surface area contributed by atoms with Gasteiger partial charge < -0.3 is 14.2 Å². The second kappa shape index (κ2) is 14.2. The zero-order valence-corrected chi connectivity index (χ0v) is 21.1. The number of hydrogen-bond donors (Lipinski definition) is 0. The first-order chi connectivity index (χ1) is 17.5. The van der Waals surface area contributed by atoms with Crippen molar-refractivity contribution in [2.24, 2.45) is 11.8 Å². The highest BCUT2D eigenvalue weighted by Gasteiger charge is 2.32. The Morgan fingerprint density at radius 3 is 1.75 bits per heavy atom. The van der Waals surface area contributed by atoms with Crippen LogP contribution in [0, 0.1) is 11.8 Å². The highest BCUT2D eigenvalue weighted by atomic mass is 16.5. The average Bonchev–Trinajstić information content (AvgIpc) is 2.91. The van der Waals surface area contributed by atoms with Gasteiger partial charge in [0.15, 0.2) is 0 Å². The number of benzene rings is 2. The average molecular weight is 493 g/mol. The molecule has 2 aromatic rings. The monoisotopic (exact) mass is 492 g/mol. The fourth-order valence-electron chi connectivity index (χ4n) is 4.31. The normalized spacial score (nSPS) is 17.1. The topological polar surface area (TPSA) is 78.9 Å². The summed E-state index contributed by atoms with van der Waals surface area (Å²) < 4.78 is 16.1. The summed E-state index contributed by atoms with van der Waals surface area (Å²) >= 11 is 0. The Hall–Kier alpha value is -3.41. The van der Waals surface area contributed by atoms with Crippen LogP contribution in [0.15, 0.2) is 61.2 Å². The van der Waals surface area contributed by atoms with Gasteiger partial charge in [-0.1, -0.05) is 57.0 Å². The molecule has 0 atom stereocenters. The Morgan fingerprint density at radius 1 is 0.778 bits per heavy atom. The van der Waals surface area contributed by atoms with E-state index >= 15 is 0 Å². The van der Waals surface area contributed by atoms with Crippen LogP contribution in [-0.2, 0) is 32.1 Å². The first kappa shape index (κ1) is 27.2. The summed E-state index contributed by atoms with van der Waals surface area (Å²) in [6.45, 7) is 5.69. The van der Waals surface area contributed by atoms with Crippen molar-refractivity contribution in [3.63, 3.8) is 0 Å². The first-order valence-electron chi connectivity index (χ1n) is 12.9. The minimum Gasteiger partial charge on any atom is -0.458 e. The quantitative estimate of drug-likeness (QED) is 0.149. The second-order valence-corrected chi connectivity index (χ2v) is 9.30. The second-order valence-electron chi connectivity index (χ2n) is 9.30. The highest BCUT2D eigenvalue weighted by molar-refractivity contribution is 5.81. The largest absolute Gasteiger partial charge is 0.458 e. The first-order valence-corrected chi connectivity index (χ1v) is 12.9. The molecule has 0 N–H and O–H groups in total. The van der Waals surface area contributed by atoms with Crippen LogP contribution in [0.4, 0.5) is 0 Å². The third-order valence-electron chi connectivity index (χ3n) is 6.54. The standard InChI is InChI=1S/C30H36O6/c1-3-5-6-7-8-22-9-17-26(18-10-22)35-29(32)24-13-15-25(16-14-24)30(33)36-27-19-11-23(12-20-27)21-34-28(31)4-2/h4,9-12,17-20,24-25H,2-3,5-8,13-16,21H2,1H3. The predicted molar refractivity (Wildman–Crippen MR) is 137 cm³/mol. The number of carbonyl (C=O) groups excluding carboxylic acids is 3. The Morgan fingerprint density at radius 2 is 1.28 bits per heavy atom. The van der Waals surface area contributed by atoms with Crippen molar-refractivity contribution in [3.05, 3.63) is 72.3 Å². The van der Waals surface area contributed by atoms with Crippen molar-refractivity contribution < 1.29 is 28.6 Å². The molecule has 2 aromatic carbocycles. The minimum absolute atomic E-state index is 0.127. The lowest BCUT2D eigenvalue weighted by atomic mass is 9.82. The number of rotatable bonds is 12. The zero-order valence-electron chi connectivity index (χ0n) is 21.1. The Bertz CT molecular complexity index is 1000. The summed E-state index contributed by atoms with van der Waals surface area (Å²) in [5.41, 5.74) is 2.04. The molecule has 0 spiro atoms. The van der Waals surface area contributed by atoms with E-state index in [4.69, 9.17) is 14.2 Å². The molecule has 0 unspecified atom stereocenters. The van der Waals surface area contributed by atoms with Crippen LogP contribution in [0.1, 0.15) is 69.4 Å². The van der Waals surface area contributed by atoms with Gasteiger partial charge in [0.25, 0.3) is 0 Å². The number of hydrogen-bond acceptors (Lipinski definition) is 6. The Balaban J connectivity index is 1.39. The van der Waals surface area contributed by atoms with Crippen LogP contribution >= 0.6 is 0 Å². The molecule has 0 aliphatic heterocycles. The van der Waals surface area contributed by atoms with E-state index in [0.29, 0.717) is 37.2 Å². The van der Waals surface area contributed by atoms with Crippen LogP contribution < -0.4 is 9.47 Å². The minimum atomic E-state index is -0.490. The Labute approximate surface area is 213 Å². The maximum atomic E-state index is 12.6. The van der Waals surface area contributed by atoms with Crippen LogP contribution in [0.2, 0.25) is 0 Å². The van der Waals surface area contributed by atoms with E-state index in [1.807, 2.05) is 24.3 Å². The number of esters is 3. The fraction of sp³-hybridized carbons (Fsp3) is 0.433. The maximum absolute atomic E-state index is 12.6. The SMILES string of the molecule is C=CC(=O)OCc1ccc(OC(=O)C2CCC(C(=O)Oc3ccc(CCCCCC)cc3)CC2)cc1. The molecule has 192 valence electrons. The van der Waals surface area contributed by atoms with E-state index in [0.717, 1.165) is 18.1 Å². The van der Waals surface area contributed by atoms with Gasteiger partial charge in [-0.25, -0.2) is 4.79 Å². The van der Waals surface area contributed by atoms with Gasteiger partial charge >= 0.3 is 17.9 Å². The van der Waals surface area contributed by atoms with Gasteiger partial charge in [-0.05, 0) is 73.9 Å². The van der Waals surface area contributed by atoms with Gasteiger partial charge in [-0.15, -0.1) is 0 Å². The molecule has 3 rings (SSSR count). The lowest BCUT2D eigenvalue weighted by Gasteiger charge is -2.25. The summed E-state index contributed by atoms with van der Waals surface area (Å²) in [5.74, 6) is -0.450. The third kappa shape index (κ3) is 8.67. The van der Waals surface area contributed by atoms with E-state index in [1.54, 1.807) is 24.3 Å². The van der Waals surface area contributed by atoms with Crippen molar-refractivity contribution in [2.45, 2.75) is 71.3 Å². The number of ether oxygens (including phenoxy) is 3. The predicted octanol–water partition coefficient (Wildman–Crippen LogP) is 6.36. The van der Waals surface area contributed by atoms with Gasteiger partial charge in [-0.2, -0.15) is 0 Å². The number of aryl methyl sites for hydroxylation is 1. The van der Waals surface area contributed by atoms with Crippen LogP contribution in [0.5, 0.6) is 11.5 Å². The molecule has 36 heavy (non-hydrogen) atoms. The van der Waals surface area contributed by atoms with E-state index in [1.165, 1.54) is 31.2 Å². The molecule has 0 heterocycles. The smallest absolute Gasteiger partial charge is 0.330 e. The summed E-state index contributed by atoms with van der Waals surface area (Å²) in [6.07, 6.45) is 9.44. The van der Waals surface area contributed by atoms with Crippen LogP contribution in [0.3, 0.4) is 0 Å². The third-order valence-corrected chi connectivity index (χ3v) is 6.54. The lowest BCUT2D eigenvalue weighted by Crippen LogP contribution is -2.30. The summed E-state index contributed by atoms with van der Waals surface area (Å²) in [6, 6.07) is 14.6. The number of carbonyl (C=O) groups is 3. The summed E-state index contributed by atoms with van der Waals surface area (Å²) in [5, 5.41) is 0. The fourth-order valence-corrected chi connectivity index (χ4v) is 4.31. The molecule has 6 heteroatoms. The van der Waals surface area contributed by atoms with Gasteiger partial charge in [0.05, 0.1) is 11.8 Å². The Kier molecular flexibility index (Phi) is 10.7. The molecule has 6 nitrogen and oxygen atoms in total. The molecule has 1 aliphatic carbocycles. The molecule has 0 saturated heterocycles. The van der Waals surface area contributed by atoms with E-state index in [2.05, 4.69) is 13.5 Å². The molecule has 1 saturated carbocycles. The van der Waals surface area contributed by atoms with E-state index in [9.17, 15) is 14.4 Å². The summed E-state index contributed by atoms with van der Waals surface area (Å²) in [7, 11) is 0. The highest BCUT2D eigenvalue weighted by Crippen LogP contribution is 2.31. The lowest BCUT2D eigenvalue weighted by molar-refractivity contribution is -0.145. The summed E-state index contributed by atoms with van der Waals surface area (Å²) in [4.78, 5) is 36.4. The van der Waals surface area contributed by atoms with Gasteiger partial charge in [0.1, 0.15) is 18.1 Å². The van der Waals surface area contributed by atoms with Crippen molar-refractivity contribution in [1.82, 2.24) is 0 Å². The van der Waals surface area contributed by atoms with E-state index < -0.39 is 5.97 Å². The maximum Gasteiger partial charge on any atom is 0.330 e. The molecule has 0 aromatic heterocycles. The molecule has 0 radical (unpaired) electrons. The molecule has 1 aliphatic rings. The van der Waals surface area contributed by atoms with Gasteiger partial charge in [0, 0.05) is 6.08 Å². The van der Waals surface area contributed by atoms with Gasteiger partial charge in [-0.3, -0.25) is 9.59 Å². The molecule has 0 amide bonds. The van der Waals surface area contributed by atoms with E-state index in [-0.39, 0.29) is 30.4 Å². The molecular formula is C30H36O6. The van der Waals surface area contributed by atoms with Crippen molar-refractivity contribution in [3.8, 4) is 11.5 Å². The van der Waals surface area contributed by atoms with Crippen molar-refractivity contribution in [1.29, 1.82) is 0 Å². The number of unbranched alkanes of at least 4 members (excludes halogenated alkanes) is 3. The van der Waals surface area contributed by atoms with Gasteiger partial charge in [0.2, 0.25) is 0 Å². The van der Waals surface area contributed by atoms with Crippen LogP contribution in [0.25, 0.3) is 0 Å². The zero-order chi connectivity index (χ0) is 25.8. The molecular weight excluding hydrogens is 456 g/mol. The molecule has 1 fully saturated rings.